The average Bonchev–Trinajstić information content (AvgIpc) is 2.77. The van der Waals surface area contributed by atoms with Gasteiger partial charge in [0.05, 0.1) is 13.2 Å². The molecule has 0 radical (unpaired) electrons. The third kappa shape index (κ3) is 2.83. The SMILES string of the molecule is CN1C[C@H]2COC[C@@H]1CN(S(=O)(=O)c1cn(C)c(=O)n(C)c1=O)C2. The molecule has 9 nitrogen and oxygen atoms in total. The highest BCUT2D eigenvalue weighted by Gasteiger charge is 2.38. The van der Waals surface area contributed by atoms with Gasteiger partial charge in [-0.3, -0.25) is 14.3 Å². The van der Waals surface area contributed by atoms with Crippen molar-refractivity contribution in [1.29, 1.82) is 0 Å². The largest absolute Gasteiger partial charge is 0.379 e. The van der Waals surface area contributed by atoms with Gasteiger partial charge in [0.2, 0.25) is 10.0 Å². The molecule has 0 aliphatic carbocycles. The summed E-state index contributed by atoms with van der Waals surface area (Å²) in [7, 11) is 0.677. The Bertz CT molecular complexity index is 859. The Balaban J connectivity index is 2.06. The molecule has 10 heteroatoms. The van der Waals surface area contributed by atoms with Crippen molar-refractivity contribution in [3.63, 3.8) is 0 Å². The van der Waals surface area contributed by atoms with Crippen molar-refractivity contribution in [2.45, 2.75) is 10.9 Å². The zero-order valence-electron chi connectivity index (χ0n) is 14.0. The average molecular weight is 358 g/mol. The molecule has 2 saturated heterocycles. The zero-order chi connectivity index (χ0) is 17.6. The molecule has 2 aliphatic heterocycles. The van der Waals surface area contributed by atoms with Crippen molar-refractivity contribution in [1.82, 2.24) is 18.3 Å². The fraction of sp³-hybridized carbons (Fsp3) is 0.714. The van der Waals surface area contributed by atoms with E-state index in [1.54, 1.807) is 0 Å². The molecule has 2 atom stereocenters. The summed E-state index contributed by atoms with van der Waals surface area (Å²) < 4.78 is 35.0. The third-order valence-corrected chi connectivity index (χ3v) is 6.56. The zero-order valence-corrected chi connectivity index (χ0v) is 14.8. The summed E-state index contributed by atoms with van der Waals surface area (Å²) in [5.74, 6) is 0.0497. The third-order valence-electron chi connectivity index (χ3n) is 4.74. The lowest BCUT2D eigenvalue weighted by molar-refractivity contribution is 0.0727. The van der Waals surface area contributed by atoms with Gasteiger partial charge in [-0.15, -0.1) is 0 Å². The van der Waals surface area contributed by atoms with E-state index in [0.29, 0.717) is 19.8 Å². The van der Waals surface area contributed by atoms with Gasteiger partial charge in [0.15, 0.2) is 4.90 Å². The van der Waals surface area contributed by atoms with E-state index in [0.717, 1.165) is 21.9 Å². The van der Waals surface area contributed by atoms with Crippen LogP contribution in [0.4, 0.5) is 0 Å². The molecule has 0 unspecified atom stereocenters. The van der Waals surface area contributed by atoms with Gasteiger partial charge >= 0.3 is 5.69 Å². The minimum absolute atomic E-state index is 0.0497. The minimum Gasteiger partial charge on any atom is -0.379 e. The quantitative estimate of drug-likeness (QED) is 0.609. The molecule has 2 aliphatic rings. The van der Waals surface area contributed by atoms with E-state index < -0.39 is 21.3 Å². The van der Waals surface area contributed by atoms with Crippen LogP contribution < -0.4 is 11.2 Å². The molecule has 3 heterocycles. The Kier molecular flexibility index (Phi) is 4.41. The van der Waals surface area contributed by atoms with E-state index in [9.17, 15) is 18.0 Å². The van der Waals surface area contributed by atoms with Crippen LogP contribution in [0.15, 0.2) is 20.7 Å². The van der Waals surface area contributed by atoms with E-state index in [1.165, 1.54) is 18.4 Å². The van der Waals surface area contributed by atoms with Crippen LogP contribution in [0.25, 0.3) is 0 Å². The maximum absolute atomic E-state index is 13.1. The van der Waals surface area contributed by atoms with E-state index in [4.69, 9.17) is 4.74 Å². The molecular weight excluding hydrogens is 336 g/mol. The first-order chi connectivity index (χ1) is 11.2. The lowest BCUT2D eigenvalue weighted by Crippen LogP contribution is -2.47. The Morgan fingerprint density at radius 3 is 2.50 bits per heavy atom. The molecule has 0 N–H and O–H groups in total. The lowest BCUT2D eigenvalue weighted by Gasteiger charge is -2.29. The molecule has 1 aromatic heterocycles. The molecule has 0 spiro atoms. The van der Waals surface area contributed by atoms with Gasteiger partial charge < -0.3 is 9.30 Å². The van der Waals surface area contributed by atoms with Crippen molar-refractivity contribution < 1.29 is 13.2 Å². The van der Waals surface area contributed by atoms with Gasteiger partial charge in [-0.2, -0.15) is 4.31 Å². The van der Waals surface area contributed by atoms with E-state index >= 15 is 0 Å². The van der Waals surface area contributed by atoms with E-state index in [-0.39, 0.29) is 23.4 Å². The Morgan fingerprint density at radius 2 is 1.79 bits per heavy atom. The van der Waals surface area contributed by atoms with Crippen LogP contribution in [0.3, 0.4) is 0 Å². The van der Waals surface area contributed by atoms with Crippen LogP contribution in [0, 0.1) is 5.92 Å². The van der Waals surface area contributed by atoms with Crippen molar-refractivity contribution in [2.24, 2.45) is 20.0 Å². The first-order valence-electron chi connectivity index (χ1n) is 7.76. The maximum atomic E-state index is 13.1. The van der Waals surface area contributed by atoms with Crippen molar-refractivity contribution in [2.75, 3.05) is 39.9 Å². The van der Waals surface area contributed by atoms with Gasteiger partial charge in [-0.25, -0.2) is 13.2 Å². The second-order valence-electron chi connectivity index (χ2n) is 6.57. The van der Waals surface area contributed by atoms with Gasteiger partial charge in [-0.05, 0) is 7.05 Å². The van der Waals surface area contributed by atoms with Gasteiger partial charge in [-0.1, -0.05) is 0 Å². The molecule has 2 fully saturated rings. The maximum Gasteiger partial charge on any atom is 0.330 e. The minimum atomic E-state index is -3.99. The number of hydrogen-bond acceptors (Lipinski definition) is 6. The standard InChI is InChI=1S/C14H22N4O5S/c1-15-4-10-5-18(6-11(15)9-23-8-10)24(21,22)12-7-16(2)14(20)17(3)13(12)19/h7,10-11H,4-6,8-9H2,1-3H3/t10-,11+/m1/s1. The summed E-state index contributed by atoms with van der Waals surface area (Å²) in [6.45, 7) is 2.28. The number of nitrogens with zero attached hydrogens (tertiary/aromatic N) is 4. The second-order valence-corrected chi connectivity index (χ2v) is 8.48. The molecule has 2 bridgehead atoms. The first-order valence-corrected chi connectivity index (χ1v) is 9.20. The molecule has 0 aromatic carbocycles. The molecule has 3 rings (SSSR count). The molecular formula is C14H22N4O5S. The predicted molar refractivity (Wildman–Crippen MR) is 86.4 cm³/mol. The Hall–Kier alpha value is -1.49. The number of aryl methyl sites for hydroxylation is 1. The fourth-order valence-corrected chi connectivity index (χ4v) is 5.00. The Morgan fingerprint density at radius 1 is 1.08 bits per heavy atom. The van der Waals surface area contributed by atoms with Crippen LogP contribution in [0.5, 0.6) is 0 Å². The van der Waals surface area contributed by atoms with Crippen LogP contribution in [0.2, 0.25) is 0 Å². The molecule has 0 saturated carbocycles. The molecule has 0 amide bonds. The van der Waals surface area contributed by atoms with E-state index in [2.05, 4.69) is 4.90 Å². The monoisotopic (exact) mass is 358 g/mol. The summed E-state index contributed by atoms with van der Waals surface area (Å²) in [4.78, 5) is 25.9. The van der Waals surface area contributed by atoms with Crippen LogP contribution in [-0.2, 0) is 28.9 Å². The Labute approximate surface area is 140 Å². The highest BCUT2D eigenvalue weighted by Crippen LogP contribution is 2.22. The highest BCUT2D eigenvalue weighted by atomic mass is 32.2. The molecule has 24 heavy (non-hydrogen) atoms. The number of fused-ring (bicyclic) bond motifs is 3. The van der Waals surface area contributed by atoms with Crippen LogP contribution >= 0.6 is 0 Å². The molecule has 134 valence electrons. The van der Waals surface area contributed by atoms with Gasteiger partial charge in [0.1, 0.15) is 0 Å². The highest BCUT2D eigenvalue weighted by molar-refractivity contribution is 7.89. The summed E-state index contributed by atoms with van der Waals surface area (Å²) in [6.07, 6.45) is 1.11. The lowest BCUT2D eigenvalue weighted by atomic mass is 10.1. The number of hydrogen-bond donors (Lipinski definition) is 0. The van der Waals surface area contributed by atoms with Crippen LogP contribution in [-0.4, -0.2) is 72.7 Å². The topological polar surface area (TPSA) is 93.8 Å². The van der Waals surface area contributed by atoms with Gasteiger partial charge in [0, 0.05) is 51.9 Å². The summed E-state index contributed by atoms with van der Waals surface area (Å²) >= 11 is 0. The number of likely N-dealkylation sites (N-methyl/N-ethyl adjacent to an activating group) is 1. The summed E-state index contributed by atoms with van der Waals surface area (Å²) in [5, 5.41) is 0. The van der Waals surface area contributed by atoms with Crippen molar-refractivity contribution in [3.8, 4) is 0 Å². The second kappa shape index (κ2) is 6.10. The summed E-state index contributed by atoms with van der Waals surface area (Å²) in [6, 6.07) is -0.0522. The first kappa shape index (κ1) is 17.3. The van der Waals surface area contributed by atoms with Crippen molar-refractivity contribution >= 4 is 10.0 Å². The van der Waals surface area contributed by atoms with Crippen LogP contribution in [0.1, 0.15) is 0 Å². The van der Waals surface area contributed by atoms with Crippen molar-refractivity contribution in [3.05, 3.63) is 27.0 Å². The summed E-state index contributed by atoms with van der Waals surface area (Å²) in [5.41, 5.74) is -1.35. The fourth-order valence-electron chi connectivity index (χ4n) is 3.29. The number of aromatic nitrogens is 2. The smallest absolute Gasteiger partial charge is 0.330 e. The molecule has 1 aromatic rings. The number of rotatable bonds is 2. The van der Waals surface area contributed by atoms with Gasteiger partial charge in [0.25, 0.3) is 5.56 Å². The number of ether oxygens (including phenoxy) is 1. The van der Waals surface area contributed by atoms with E-state index in [1.807, 2.05) is 7.05 Å². The normalized spacial score (nSPS) is 26.3. The predicted octanol–water partition coefficient (Wildman–Crippen LogP) is -1.96. The number of sulfonamides is 1.